The first kappa shape index (κ1) is 30.8. The number of hydrogen-bond acceptors (Lipinski definition) is 3. The van der Waals surface area contributed by atoms with Gasteiger partial charge in [-0.2, -0.15) is 0 Å². The second kappa shape index (κ2) is 14.6. The average Bonchev–Trinajstić information content (AvgIpc) is 2.94. The van der Waals surface area contributed by atoms with Gasteiger partial charge in [-0.3, -0.25) is 9.34 Å². The van der Waals surface area contributed by atoms with Crippen molar-refractivity contribution in [2.45, 2.75) is 126 Å². The summed E-state index contributed by atoms with van der Waals surface area (Å²) in [5, 5.41) is 2.36. The van der Waals surface area contributed by atoms with Gasteiger partial charge in [-0.05, 0) is 84.5 Å². The molecular formula is C28H51N4O3PS. The van der Waals surface area contributed by atoms with E-state index in [1.165, 1.54) is 44.9 Å². The van der Waals surface area contributed by atoms with Crippen molar-refractivity contribution >= 4 is 17.6 Å². The summed E-state index contributed by atoms with van der Waals surface area (Å²) in [5.41, 5.74) is 0.978. The lowest BCUT2D eigenvalue weighted by Crippen LogP contribution is -2.86. The Morgan fingerprint density at radius 3 is 1.54 bits per heavy atom. The Balaban J connectivity index is 0.000000405. The molecule has 0 radical (unpaired) electrons. The molecule has 3 aliphatic carbocycles. The molecule has 1 aromatic rings. The lowest BCUT2D eigenvalue weighted by molar-refractivity contribution is -0.666. The summed E-state index contributed by atoms with van der Waals surface area (Å²) in [6, 6.07) is 7.80. The molecule has 3 aliphatic rings. The lowest BCUT2D eigenvalue weighted by Gasteiger charge is -2.51. The van der Waals surface area contributed by atoms with Crippen LogP contribution in [0.15, 0.2) is 29.2 Å². The summed E-state index contributed by atoms with van der Waals surface area (Å²) in [7, 11) is -1.85. The molecule has 3 saturated carbocycles. The van der Waals surface area contributed by atoms with Crippen molar-refractivity contribution in [1.82, 2.24) is 9.34 Å². The third-order valence-electron chi connectivity index (χ3n) is 8.68. The first-order valence-corrected chi connectivity index (χ1v) is 17.6. The Morgan fingerprint density at radius 1 is 0.757 bits per heavy atom. The van der Waals surface area contributed by atoms with Crippen LogP contribution in [0.25, 0.3) is 4.49 Å². The van der Waals surface area contributed by atoms with E-state index < -0.39 is 17.6 Å². The van der Waals surface area contributed by atoms with Gasteiger partial charge < -0.3 is 14.4 Å². The molecule has 0 saturated heterocycles. The van der Waals surface area contributed by atoms with Crippen molar-refractivity contribution in [1.29, 1.82) is 0 Å². The van der Waals surface area contributed by atoms with E-state index in [4.69, 9.17) is 0 Å². The molecule has 1 aromatic carbocycles. The summed E-state index contributed by atoms with van der Waals surface area (Å²) in [6.45, 7) is 1.91. The number of hydrogen-bond donors (Lipinski definition) is 1. The molecule has 0 bridgehead atoms. The van der Waals surface area contributed by atoms with Crippen LogP contribution in [-0.2, 0) is 14.6 Å². The van der Waals surface area contributed by atoms with Crippen LogP contribution in [-0.4, -0.2) is 57.0 Å². The largest absolute Gasteiger partial charge is 0.460 e. The molecule has 3 fully saturated rings. The molecular weight excluding hydrogens is 503 g/mol. The molecule has 212 valence electrons. The van der Waals surface area contributed by atoms with Crippen LogP contribution in [0.2, 0.25) is 0 Å². The molecule has 0 unspecified atom stereocenters. The molecule has 2 N–H and O–H groups in total. The lowest BCUT2D eigenvalue weighted by atomic mass is 9.96. The molecule has 37 heavy (non-hydrogen) atoms. The van der Waals surface area contributed by atoms with Gasteiger partial charge in [-0.25, -0.2) is 8.42 Å². The van der Waals surface area contributed by atoms with Gasteiger partial charge in [-0.1, -0.05) is 62.6 Å². The summed E-state index contributed by atoms with van der Waals surface area (Å²) in [4.78, 5) is 0.109. The van der Waals surface area contributed by atoms with Gasteiger partial charge in [0.1, 0.15) is 17.6 Å². The normalized spacial score (nSPS) is 21.1. The number of sulfonamides is 1. The van der Waals surface area contributed by atoms with Crippen LogP contribution in [0, 0.1) is 6.92 Å². The molecule has 0 aliphatic heterocycles. The standard InChI is InChI=1S/C21H35N3O3PS.C7H15N/c1-18-14-16-21(17-15-18)29(26,27)22-28(25,23(2)19-10-6-4-7-11-19)24(3)20-12-8-5-9-13-20;1-8-7-5-3-2-4-6-7/h14-17,19-20H,4-13H2,1-3H3;7-8H,2-6H2,1H3/q-1;/p+1. The third kappa shape index (κ3) is 8.61. The van der Waals surface area contributed by atoms with E-state index in [-0.39, 0.29) is 17.0 Å². The minimum atomic E-state index is -4.02. The number of aryl methyl sites for hydroxylation is 1. The SMILES string of the molecule is C[NH2+]C1CCCCC1.Cc1ccc(S(=O)(=O)[N-]P(=O)(N(C)C2CCCCC2)N(C)C2CCCCC2)cc1. The van der Waals surface area contributed by atoms with Crippen molar-refractivity contribution < 1.29 is 18.3 Å². The summed E-state index contributed by atoms with van der Waals surface area (Å²) >= 11 is 0. The quantitative estimate of drug-likeness (QED) is 0.386. The van der Waals surface area contributed by atoms with E-state index in [0.717, 1.165) is 63.0 Å². The maximum atomic E-state index is 14.4. The molecule has 4 rings (SSSR count). The van der Waals surface area contributed by atoms with Crippen molar-refractivity contribution in [2.24, 2.45) is 0 Å². The number of rotatable bonds is 8. The van der Waals surface area contributed by atoms with E-state index in [2.05, 4.69) is 16.9 Å². The summed E-state index contributed by atoms with van der Waals surface area (Å²) in [6.07, 6.45) is 17.8. The number of nitrogens with two attached hydrogens (primary N) is 1. The number of quaternary nitrogens is 1. The molecule has 9 heteroatoms. The number of nitrogens with zero attached hydrogens (tertiary/aromatic N) is 3. The average molecular weight is 555 g/mol. The Morgan fingerprint density at radius 2 is 1.16 bits per heavy atom. The highest BCUT2D eigenvalue weighted by atomic mass is 32.2. The van der Waals surface area contributed by atoms with E-state index >= 15 is 0 Å². The second-order valence-electron chi connectivity index (χ2n) is 11.3. The van der Waals surface area contributed by atoms with Crippen LogP contribution in [0.1, 0.15) is 102 Å². The summed E-state index contributed by atoms with van der Waals surface area (Å²) in [5.74, 6) is 0. The predicted molar refractivity (Wildman–Crippen MR) is 153 cm³/mol. The van der Waals surface area contributed by atoms with Gasteiger partial charge in [0.2, 0.25) is 0 Å². The van der Waals surface area contributed by atoms with E-state index in [0.29, 0.717) is 0 Å². The molecule has 0 aromatic heterocycles. The van der Waals surface area contributed by atoms with Crippen LogP contribution in [0.3, 0.4) is 0 Å². The highest BCUT2D eigenvalue weighted by molar-refractivity contribution is 8.02. The van der Waals surface area contributed by atoms with Crippen LogP contribution in [0.5, 0.6) is 0 Å². The van der Waals surface area contributed by atoms with Gasteiger partial charge in [0.15, 0.2) is 0 Å². The molecule has 0 atom stereocenters. The van der Waals surface area contributed by atoms with Crippen LogP contribution >= 0.6 is 7.59 Å². The van der Waals surface area contributed by atoms with Crippen molar-refractivity contribution in [3.8, 4) is 0 Å². The van der Waals surface area contributed by atoms with E-state index in [1.54, 1.807) is 33.6 Å². The van der Waals surface area contributed by atoms with Gasteiger partial charge in [0.25, 0.3) is 0 Å². The Labute approximate surface area is 226 Å². The third-order valence-corrected chi connectivity index (χ3v) is 13.6. The second-order valence-corrected chi connectivity index (χ2v) is 15.7. The maximum Gasteiger partial charge on any atom is 0.138 e. The Kier molecular flexibility index (Phi) is 12.1. The molecule has 0 amide bonds. The minimum absolute atomic E-state index is 0.109. The van der Waals surface area contributed by atoms with Crippen molar-refractivity contribution in [3.63, 3.8) is 0 Å². The fourth-order valence-corrected chi connectivity index (χ4v) is 10.7. The van der Waals surface area contributed by atoms with Gasteiger partial charge in [-0.15, -0.1) is 0 Å². The monoisotopic (exact) mass is 554 g/mol. The Bertz CT molecular complexity index is 926. The minimum Gasteiger partial charge on any atom is -0.460 e. The zero-order valence-electron chi connectivity index (χ0n) is 23.6. The van der Waals surface area contributed by atoms with Gasteiger partial charge in [0.05, 0.1) is 13.1 Å². The highest BCUT2D eigenvalue weighted by Gasteiger charge is 2.36. The Hall–Kier alpha value is -0.760. The molecule has 7 nitrogen and oxygen atoms in total. The van der Waals surface area contributed by atoms with Gasteiger partial charge >= 0.3 is 0 Å². The first-order chi connectivity index (χ1) is 17.7. The zero-order valence-corrected chi connectivity index (χ0v) is 25.4. The fraction of sp³-hybridized carbons (Fsp3) is 0.786. The van der Waals surface area contributed by atoms with Crippen LogP contribution < -0.4 is 5.32 Å². The smallest absolute Gasteiger partial charge is 0.138 e. The summed E-state index contributed by atoms with van der Waals surface area (Å²) < 4.78 is 48.4. The topological polar surface area (TPSA) is 88.4 Å². The van der Waals surface area contributed by atoms with Gasteiger partial charge in [0, 0.05) is 17.0 Å². The highest BCUT2D eigenvalue weighted by Crippen LogP contribution is 2.63. The van der Waals surface area contributed by atoms with Crippen LogP contribution in [0.4, 0.5) is 0 Å². The fourth-order valence-electron chi connectivity index (χ4n) is 6.04. The van der Waals surface area contributed by atoms with Crippen molar-refractivity contribution in [3.05, 3.63) is 34.3 Å². The van der Waals surface area contributed by atoms with E-state index in [9.17, 15) is 13.0 Å². The predicted octanol–water partition coefficient (Wildman–Crippen LogP) is 6.21. The molecule has 0 spiro atoms. The van der Waals surface area contributed by atoms with E-state index in [1.807, 2.05) is 21.0 Å². The number of benzene rings is 1. The zero-order chi connectivity index (χ0) is 26.9. The maximum absolute atomic E-state index is 14.4. The molecule has 0 heterocycles. The van der Waals surface area contributed by atoms with Crippen molar-refractivity contribution in [2.75, 3.05) is 21.1 Å². The first-order valence-electron chi connectivity index (χ1n) is 14.6.